The Morgan fingerprint density at radius 1 is 1.39 bits per heavy atom. The third kappa shape index (κ3) is 2.81. The molecule has 6 nitrogen and oxygen atoms in total. The summed E-state index contributed by atoms with van der Waals surface area (Å²) in [5.74, 6) is 0.104. The number of amides is 1. The molecule has 0 fully saturated rings. The molecule has 0 saturated carbocycles. The Balaban J connectivity index is 1.80. The molecule has 2 aromatic heterocycles. The molecule has 0 atom stereocenters. The SMILES string of the molecule is CCc1[nH]nc(C(=O)N(C)Cc2nc3ccc(F)cc3[nH]2)c1C. The molecule has 0 aliphatic carbocycles. The highest BCUT2D eigenvalue weighted by molar-refractivity contribution is 5.93. The number of halogens is 1. The predicted octanol–water partition coefficient (Wildman–Crippen LogP) is 2.57. The van der Waals surface area contributed by atoms with Crippen molar-refractivity contribution in [2.75, 3.05) is 7.05 Å². The zero-order chi connectivity index (χ0) is 16.6. The molecular weight excluding hydrogens is 297 g/mol. The summed E-state index contributed by atoms with van der Waals surface area (Å²) in [6.45, 7) is 4.18. The second kappa shape index (κ2) is 5.83. The topological polar surface area (TPSA) is 77.7 Å². The van der Waals surface area contributed by atoms with Crippen molar-refractivity contribution in [1.29, 1.82) is 0 Å². The summed E-state index contributed by atoms with van der Waals surface area (Å²) in [5, 5.41) is 7.00. The Hall–Kier alpha value is -2.70. The Kier molecular flexibility index (Phi) is 3.85. The standard InChI is InChI=1S/C16H18FN5O/c1-4-11-9(2)15(21-20-11)16(23)22(3)8-14-18-12-6-5-10(17)7-13(12)19-14/h5-7H,4,8H2,1-3H3,(H,18,19)(H,20,21). The number of H-pyrrole nitrogens is 2. The van der Waals surface area contributed by atoms with Crippen LogP contribution in [0.25, 0.3) is 11.0 Å². The zero-order valence-corrected chi connectivity index (χ0v) is 13.3. The third-order valence-corrected chi connectivity index (χ3v) is 3.89. The fourth-order valence-electron chi connectivity index (χ4n) is 2.57. The van der Waals surface area contributed by atoms with Crippen LogP contribution in [0.3, 0.4) is 0 Å². The molecule has 0 bridgehead atoms. The van der Waals surface area contributed by atoms with Crippen LogP contribution in [0.15, 0.2) is 18.2 Å². The van der Waals surface area contributed by atoms with Crippen molar-refractivity contribution in [2.45, 2.75) is 26.8 Å². The number of carbonyl (C=O) groups is 1. The average molecular weight is 315 g/mol. The number of fused-ring (bicyclic) bond motifs is 1. The fraction of sp³-hybridized carbons (Fsp3) is 0.312. The number of nitrogens with one attached hydrogen (secondary N) is 2. The van der Waals surface area contributed by atoms with Crippen molar-refractivity contribution in [3.05, 3.63) is 46.8 Å². The number of aromatic nitrogens is 4. The van der Waals surface area contributed by atoms with Crippen molar-refractivity contribution in [3.63, 3.8) is 0 Å². The summed E-state index contributed by atoms with van der Waals surface area (Å²) in [7, 11) is 1.69. The maximum absolute atomic E-state index is 13.2. The van der Waals surface area contributed by atoms with Crippen molar-refractivity contribution in [3.8, 4) is 0 Å². The molecule has 3 aromatic rings. The zero-order valence-electron chi connectivity index (χ0n) is 13.3. The number of aromatic amines is 2. The number of imidazole rings is 1. The molecule has 0 unspecified atom stereocenters. The highest BCUT2D eigenvalue weighted by Gasteiger charge is 2.20. The first kappa shape index (κ1) is 15.2. The Morgan fingerprint density at radius 2 is 2.17 bits per heavy atom. The normalized spacial score (nSPS) is 11.1. The van der Waals surface area contributed by atoms with Gasteiger partial charge in [-0.2, -0.15) is 5.10 Å². The first-order valence-electron chi connectivity index (χ1n) is 7.43. The fourth-order valence-corrected chi connectivity index (χ4v) is 2.57. The summed E-state index contributed by atoms with van der Waals surface area (Å²) in [6, 6.07) is 4.36. The van der Waals surface area contributed by atoms with E-state index in [0.717, 1.165) is 17.7 Å². The average Bonchev–Trinajstić information content (AvgIpc) is 3.08. The van der Waals surface area contributed by atoms with E-state index in [0.29, 0.717) is 29.1 Å². The van der Waals surface area contributed by atoms with Crippen LogP contribution in [0.1, 0.15) is 34.5 Å². The lowest BCUT2D eigenvalue weighted by atomic mass is 10.1. The van der Waals surface area contributed by atoms with Gasteiger partial charge in [0, 0.05) is 18.3 Å². The minimum atomic E-state index is -0.323. The number of benzene rings is 1. The van der Waals surface area contributed by atoms with Gasteiger partial charge in [-0.1, -0.05) is 6.92 Å². The Morgan fingerprint density at radius 3 is 2.87 bits per heavy atom. The summed E-state index contributed by atoms with van der Waals surface area (Å²) < 4.78 is 13.2. The molecule has 23 heavy (non-hydrogen) atoms. The van der Waals surface area contributed by atoms with Crippen LogP contribution in [0.2, 0.25) is 0 Å². The van der Waals surface area contributed by atoms with Crippen molar-refractivity contribution >= 4 is 16.9 Å². The molecule has 120 valence electrons. The highest BCUT2D eigenvalue weighted by atomic mass is 19.1. The van der Waals surface area contributed by atoms with Crippen LogP contribution < -0.4 is 0 Å². The van der Waals surface area contributed by atoms with E-state index in [2.05, 4.69) is 20.2 Å². The van der Waals surface area contributed by atoms with Gasteiger partial charge in [-0.15, -0.1) is 0 Å². The smallest absolute Gasteiger partial charge is 0.274 e. The van der Waals surface area contributed by atoms with E-state index in [1.165, 1.54) is 17.0 Å². The quantitative estimate of drug-likeness (QED) is 0.777. The third-order valence-electron chi connectivity index (χ3n) is 3.89. The second-order valence-electron chi connectivity index (χ2n) is 5.54. The maximum Gasteiger partial charge on any atom is 0.274 e. The summed E-state index contributed by atoms with van der Waals surface area (Å²) in [6.07, 6.45) is 0.797. The lowest BCUT2D eigenvalue weighted by Gasteiger charge is -2.14. The summed E-state index contributed by atoms with van der Waals surface area (Å²) >= 11 is 0. The molecule has 1 amide bonds. The first-order valence-corrected chi connectivity index (χ1v) is 7.43. The first-order chi connectivity index (χ1) is 11.0. The van der Waals surface area contributed by atoms with Crippen LogP contribution >= 0.6 is 0 Å². The monoisotopic (exact) mass is 315 g/mol. The van der Waals surface area contributed by atoms with Gasteiger partial charge >= 0.3 is 0 Å². The number of carbonyl (C=O) groups excluding carboxylic acids is 1. The Bertz CT molecular complexity index is 867. The van der Waals surface area contributed by atoms with Gasteiger partial charge < -0.3 is 9.88 Å². The molecule has 0 saturated heterocycles. The van der Waals surface area contributed by atoms with Gasteiger partial charge in [0.15, 0.2) is 5.69 Å². The number of nitrogens with zero attached hydrogens (tertiary/aromatic N) is 3. The van der Waals surface area contributed by atoms with Gasteiger partial charge in [0.1, 0.15) is 11.6 Å². The second-order valence-corrected chi connectivity index (χ2v) is 5.54. The van der Waals surface area contributed by atoms with Crippen molar-refractivity contribution in [2.24, 2.45) is 0 Å². The number of rotatable bonds is 4. The largest absolute Gasteiger partial charge is 0.340 e. The number of hydrogen-bond acceptors (Lipinski definition) is 3. The van der Waals surface area contributed by atoms with Crippen LogP contribution in [0.5, 0.6) is 0 Å². The van der Waals surface area contributed by atoms with Gasteiger partial charge in [0.2, 0.25) is 0 Å². The van der Waals surface area contributed by atoms with Gasteiger partial charge in [-0.25, -0.2) is 9.37 Å². The van der Waals surface area contributed by atoms with Crippen molar-refractivity contribution < 1.29 is 9.18 Å². The molecular formula is C16H18FN5O. The Labute approximate surface area is 132 Å². The van der Waals surface area contributed by atoms with E-state index in [-0.39, 0.29) is 11.7 Å². The molecule has 3 rings (SSSR count). The summed E-state index contributed by atoms with van der Waals surface area (Å²) in [5.41, 5.74) is 3.54. The molecule has 7 heteroatoms. The predicted molar refractivity (Wildman–Crippen MR) is 84.6 cm³/mol. The number of aryl methyl sites for hydroxylation is 1. The van der Waals surface area contributed by atoms with Crippen molar-refractivity contribution in [1.82, 2.24) is 25.1 Å². The van der Waals surface area contributed by atoms with E-state index in [1.807, 2.05) is 13.8 Å². The molecule has 0 radical (unpaired) electrons. The van der Waals surface area contributed by atoms with E-state index < -0.39 is 0 Å². The molecule has 0 aliphatic rings. The molecule has 0 spiro atoms. The highest BCUT2D eigenvalue weighted by Crippen LogP contribution is 2.16. The molecule has 2 N–H and O–H groups in total. The molecule has 1 aromatic carbocycles. The van der Waals surface area contributed by atoms with E-state index in [9.17, 15) is 9.18 Å². The van der Waals surface area contributed by atoms with Crippen LogP contribution in [0.4, 0.5) is 4.39 Å². The minimum absolute atomic E-state index is 0.176. The van der Waals surface area contributed by atoms with E-state index in [4.69, 9.17) is 0 Å². The maximum atomic E-state index is 13.2. The van der Waals surface area contributed by atoms with Gasteiger partial charge in [0.05, 0.1) is 17.6 Å². The lowest BCUT2D eigenvalue weighted by molar-refractivity contribution is 0.0775. The molecule has 0 aliphatic heterocycles. The summed E-state index contributed by atoms with van der Waals surface area (Å²) in [4.78, 5) is 21.4. The van der Waals surface area contributed by atoms with Crippen LogP contribution in [-0.4, -0.2) is 38.0 Å². The van der Waals surface area contributed by atoms with Gasteiger partial charge in [-0.05, 0) is 31.5 Å². The minimum Gasteiger partial charge on any atom is -0.340 e. The van der Waals surface area contributed by atoms with Gasteiger partial charge in [-0.3, -0.25) is 9.89 Å². The molecule has 2 heterocycles. The number of hydrogen-bond donors (Lipinski definition) is 2. The van der Waals surface area contributed by atoms with E-state index in [1.54, 1.807) is 13.1 Å². The van der Waals surface area contributed by atoms with Gasteiger partial charge in [0.25, 0.3) is 5.91 Å². The lowest BCUT2D eigenvalue weighted by Crippen LogP contribution is -2.27. The van der Waals surface area contributed by atoms with E-state index >= 15 is 0 Å². The van der Waals surface area contributed by atoms with Crippen LogP contribution in [0, 0.1) is 12.7 Å². The van der Waals surface area contributed by atoms with Crippen LogP contribution in [-0.2, 0) is 13.0 Å².